The lowest BCUT2D eigenvalue weighted by atomic mass is 9.92. The molecule has 16 nitrogen and oxygen atoms in total. The monoisotopic (exact) mass is 894 g/mol. The molecule has 0 amide bonds. The van der Waals surface area contributed by atoms with Crippen LogP contribution in [0.2, 0.25) is 0 Å². The van der Waals surface area contributed by atoms with Crippen LogP contribution in [0.15, 0.2) is 61.2 Å². The van der Waals surface area contributed by atoms with Crippen molar-refractivity contribution in [2.45, 2.75) is 141 Å². The lowest BCUT2D eigenvalue weighted by Crippen LogP contribution is -2.31. The summed E-state index contributed by atoms with van der Waals surface area (Å²) in [5.41, 5.74) is 16.1. The van der Waals surface area contributed by atoms with Gasteiger partial charge in [-0.15, -0.1) is 0 Å². The van der Waals surface area contributed by atoms with Gasteiger partial charge in [0.25, 0.3) is 0 Å². The summed E-state index contributed by atoms with van der Waals surface area (Å²) in [7, 11) is 0. The number of hydrogen-bond donors (Lipinski definition) is 4. The minimum atomic E-state index is -0.586. The molecular formula is C50H58N10O6. The second kappa shape index (κ2) is 17.4. The van der Waals surface area contributed by atoms with Crippen LogP contribution >= 0.6 is 0 Å². The van der Waals surface area contributed by atoms with E-state index in [1.54, 1.807) is 49.1 Å². The van der Waals surface area contributed by atoms with E-state index in [1.165, 1.54) is 0 Å². The Morgan fingerprint density at radius 1 is 0.591 bits per heavy atom. The van der Waals surface area contributed by atoms with Crippen molar-refractivity contribution in [3.63, 3.8) is 0 Å². The highest BCUT2D eigenvalue weighted by Crippen LogP contribution is 2.39. The number of anilines is 4. The normalized spacial score (nSPS) is 20.3. The quantitative estimate of drug-likeness (QED) is 0.0840. The Morgan fingerprint density at radius 2 is 0.985 bits per heavy atom. The molecule has 66 heavy (non-hydrogen) atoms. The zero-order chi connectivity index (χ0) is 46.7. The van der Waals surface area contributed by atoms with Crippen LogP contribution in [0.5, 0.6) is 11.8 Å². The highest BCUT2D eigenvalue weighted by Gasteiger charge is 2.35. The maximum Gasteiger partial charge on any atom is 0.340 e. The Bertz CT molecular complexity index is 2660. The van der Waals surface area contributed by atoms with Crippen molar-refractivity contribution in [3.8, 4) is 11.8 Å². The summed E-state index contributed by atoms with van der Waals surface area (Å²) in [6.45, 7) is 15.9. The first-order valence-electron chi connectivity index (χ1n) is 23.0. The fourth-order valence-electron chi connectivity index (χ4n) is 8.48. The Kier molecular flexibility index (Phi) is 11.8. The zero-order valence-corrected chi connectivity index (χ0v) is 38.8. The van der Waals surface area contributed by atoms with Gasteiger partial charge in [-0.05, 0) is 125 Å². The summed E-state index contributed by atoms with van der Waals surface area (Å²) in [6.07, 6.45) is 12.9. The number of nitrogens with zero attached hydrogens (tertiary/aromatic N) is 6. The standard InChI is InChI=1S/2C25H29N5O3/c2*1-5-19-13(2)22-15(24(31)33-19)8-9-20(30-22)29-21-10-16-17(11-27-21)23(32-14-6-7-14)28-12-18(16)25(3,4)26/h2*8-14,19H,5-7,26H2,1-4H3,(H,27,29,30)/t2*13-,19-/m10/s1. The van der Waals surface area contributed by atoms with Crippen LogP contribution in [0, 0.1) is 0 Å². The molecular weight excluding hydrogens is 837 g/mol. The Labute approximate surface area is 384 Å². The number of aromatic nitrogens is 6. The van der Waals surface area contributed by atoms with E-state index in [2.05, 4.69) is 30.6 Å². The molecule has 0 bridgehead atoms. The van der Waals surface area contributed by atoms with Crippen molar-refractivity contribution in [1.82, 2.24) is 29.9 Å². The summed E-state index contributed by atoms with van der Waals surface area (Å²) in [5.74, 6) is 3.08. The van der Waals surface area contributed by atoms with Crippen LogP contribution in [0.3, 0.4) is 0 Å². The molecule has 2 saturated carbocycles. The average Bonchev–Trinajstić information content (AvgIpc) is 4.24. The molecule has 6 aromatic heterocycles. The van der Waals surface area contributed by atoms with Gasteiger partial charge in [-0.2, -0.15) is 0 Å². The van der Waals surface area contributed by atoms with E-state index in [0.717, 1.165) is 82.6 Å². The topological polar surface area (TPSA) is 224 Å². The van der Waals surface area contributed by atoms with Gasteiger partial charge in [-0.3, -0.25) is 0 Å². The average molecular weight is 895 g/mol. The molecule has 2 fully saturated rings. The van der Waals surface area contributed by atoms with E-state index in [1.807, 2.05) is 67.5 Å². The number of carbonyl (C=O) groups is 2. The van der Waals surface area contributed by atoms with Gasteiger partial charge in [0.2, 0.25) is 11.8 Å². The predicted molar refractivity (Wildman–Crippen MR) is 252 cm³/mol. The number of esters is 2. The molecule has 10 rings (SSSR count). The summed E-state index contributed by atoms with van der Waals surface area (Å²) < 4.78 is 23.1. The highest BCUT2D eigenvalue weighted by molar-refractivity contribution is 5.95. The van der Waals surface area contributed by atoms with Crippen molar-refractivity contribution >= 4 is 56.8 Å². The highest BCUT2D eigenvalue weighted by atomic mass is 16.6. The third kappa shape index (κ3) is 9.16. The van der Waals surface area contributed by atoms with Crippen LogP contribution < -0.4 is 31.6 Å². The Morgan fingerprint density at radius 3 is 1.33 bits per heavy atom. The van der Waals surface area contributed by atoms with E-state index in [4.69, 9.17) is 40.4 Å². The minimum Gasteiger partial charge on any atom is -0.474 e. The SMILES string of the molecule is CC[C@@H]1OC(=O)c2ccc(Nc3cc4c(C(C)(C)N)cnc(OC5CC5)c4cn3)nc2[C@H]1C.CC[C@H]1OC(=O)c2ccc(Nc3cc4c(C(C)(C)N)cnc(OC5CC5)c4cn3)nc2[C@@H]1C. The van der Waals surface area contributed by atoms with E-state index in [-0.39, 0.29) is 48.2 Å². The van der Waals surface area contributed by atoms with Crippen LogP contribution in [0.4, 0.5) is 23.3 Å². The number of carbonyl (C=O) groups excluding carboxylic acids is 2. The van der Waals surface area contributed by atoms with E-state index < -0.39 is 11.1 Å². The van der Waals surface area contributed by atoms with Gasteiger partial charge in [0.1, 0.15) is 47.7 Å². The number of nitrogens with two attached hydrogens (primary N) is 2. The third-order valence-electron chi connectivity index (χ3n) is 12.6. The van der Waals surface area contributed by atoms with Crippen molar-refractivity contribution in [2.24, 2.45) is 11.5 Å². The number of cyclic esters (lactones) is 2. The van der Waals surface area contributed by atoms with Crippen LogP contribution in [-0.2, 0) is 20.6 Å². The summed E-state index contributed by atoms with van der Waals surface area (Å²) in [5, 5.41) is 10.1. The largest absolute Gasteiger partial charge is 0.474 e. The number of nitrogens with one attached hydrogen (secondary N) is 2. The van der Waals surface area contributed by atoms with E-state index in [0.29, 0.717) is 46.2 Å². The molecule has 6 N–H and O–H groups in total. The summed E-state index contributed by atoms with van der Waals surface area (Å²) >= 11 is 0. The Hall–Kier alpha value is -6.52. The van der Waals surface area contributed by atoms with Crippen molar-refractivity contribution < 1.29 is 28.5 Å². The van der Waals surface area contributed by atoms with Crippen LogP contribution in [0.25, 0.3) is 21.5 Å². The molecule has 16 heteroatoms. The smallest absolute Gasteiger partial charge is 0.340 e. The fourth-order valence-corrected chi connectivity index (χ4v) is 8.48. The van der Waals surface area contributed by atoms with E-state index >= 15 is 0 Å². The van der Waals surface area contributed by atoms with Crippen molar-refractivity contribution in [2.75, 3.05) is 10.6 Å². The van der Waals surface area contributed by atoms with Gasteiger partial charge >= 0.3 is 11.9 Å². The number of pyridine rings is 6. The lowest BCUT2D eigenvalue weighted by molar-refractivity contribution is 0.0166. The summed E-state index contributed by atoms with van der Waals surface area (Å²) in [4.78, 5) is 52.4. The Balaban J connectivity index is 0.000000166. The van der Waals surface area contributed by atoms with Gasteiger partial charge in [0, 0.05) is 47.7 Å². The maximum absolute atomic E-state index is 12.3. The molecule has 0 spiro atoms. The van der Waals surface area contributed by atoms with Crippen LogP contribution in [-0.4, -0.2) is 66.3 Å². The molecule has 344 valence electrons. The maximum atomic E-state index is 12.3. The molecule has 4 aliphatic rings. The fraction of sp³-hybridized carbons (Fsp3) is 0.440. The summed E-state index contributed by atoms with van der Waals surface area (Å²) in [6, 6.07) is 11.0. The predicted octanol–water partition coefficient (Wildman–Crippen LogP) is 9.11. The number of rotatable bonds is 12. The minimum absolute atomic E-state index is 0.0202. The first-order chi connectivity index (χ1) is 31.5. The van der Waals surface area contributed by atoms with Crippen molar-refractivity contribution in [1.29, 1.82) is 0 Å². The van der Waals surface area contributed by atoms with Gasteiger partial charge in [-0.1, -0.05) is 27.7 Å². The van der Waals surface area contributed by atoms with Gasteiger partial charge < -0.3 is 41.0 Å². The lowest BCUT2D eigenvalue weighted by Gasteiger charge is -2.29. The van der Waals surface area contributed by atoms with Gasteiger partial charge in [0.05, 0.1) is 33.3 Å². The second-order valence-corrected chi connectivity index (χ2v) is 19.1. The molecule has 2 aliphatic heterocycles. The zero-order valence-electron chi connectivity index (χ0n) is 38.8. The molecule has 0 unspecified atom stereocenters. The number of ether oxygens (including phenoxy) is 4. The van der Waals surface area contributed by atoms with Gasteiger partial charge in [-0.25, -0.2) is 39.5 Å². The number of hydrogen-bond acceptors (Lipinski definition) is 16. The molecule has 4 atom stereocenters. The first-order valence-corrected chi connectivity index (χ1v) is 23.0. The molecule has 2 aliphatic carbocycles. The van der Waals surface area contributed by atoms with Crippen LogP contribution in [0.1, 0.15) is 149 Å². The molecule has 0 aromatic carbocycles. The third-order valence-corrected chi connectivity index (χ3v) is 12.6. The molecule has 0 radical (unpaired) electrons. The van der Waals surface area contributed by atoms with Crippen molar-refractivity contribution in [3.05, 3.63) is 94.8 Å². The molecule has 8 heterocycles. The second-order valence-electron chi connectivity index (χ2n) is 19.1. The molecule has 6 aromatic rings. The first kappa shape index (κ1) is 44.7. The van der Waals surface area contributed by atoms with Gasteiger partial charge in [0.15, 0.2) is 0 Å². The van der Waals surface area contributed by atoms with E-state index in [9.17, 15) is 9.59 Å². The molecule has 0 saturated heterocycles. The number of fused-ring (bicyclic) bond motifs is 4.